The summed E-state index contributed by atoms with van der Waals surface area (Å²) in [6.07, 6.45) is 2.51. The van der Waals surface area contributed by atoms with Crippen molar-refractivity contribution in [1.29, 1.82) is 0 Å². The number of rotatable bonds is 4. The highest BCUT2D eigenvalue weighted by Crippen LogP contribution is 2.28. The van der Waals surface area contributed by atoms with Crippen LogP contribution in [0.5, 0.6) is 0 Å². The van der Waals surface area contributed by atoms with E-state index in [-0.39, 0.29) is 0 Å². The van der Waals surface area contributed by atoms with Crippen LogP contribution in [0, 0.1) is 5.92 Å². The van der Waals surface area contributed by atoms with Crippen molar-refractivity contribution in [3.05, 3.63) is 28.8 Å². The molecule has 0 amide bonds. The molecule has 1 fully saturated rings. The van der Waals surface area contributed by atoms with E-state index in [0.29, 0.717) is 6.54 Å². The van der Waals surface area contributed by atoms with Crippen molar-refractivity contribution in [3.63, 3.8) is 0 Å². The molecule has 19 heavy (non-hydrogen) atoms. The fraction of sp³-hybridized carbons (Fsp3) is 0.600. The van der Waals surface area contributed by atoms with Crippen LogP contribution in [0.1, 0.15) is 18.4 Å². The van der Waals surface area contributed by atoms with Crippen LogP contribution in [-0.4, -0.2) is 38.6 Å². The predicted molar refractivity (Wildman–Crippen MR) is 82.8 cm³/mol. The van der Waals surface area contributed by atoms with Crippen molar-refractivity contribution in [2.24, 2.45) is 11.7 Å². The summed E-state index contributed by atoms with van der Waals surface area (Å²) in [5.74, 6) is 0.819. The molecule has 0 unspecified atom stereocenters. The molecule has 3 nitrogen and oxygen atoms in total. The Balaban J connectivity index is 2.01. The summed E-state index contributed by atoms with van der Waals surface area (Å²) in [5, 5.41) is 0.770. The molecule has 1 aromatic rings. The molecule has 0 aromatic heterocycles. The molecule has 0 aliphatic carbocycles. The van der Waals surface area contributed by atoms with Crippen LogP contribution >= 0.6 is 11.6 Å². The first kappa shape index (κ1) is 14.6. The first-order chi connectivity index (χ1) is 9.10. The number of hydrogen-bond donors (Lipinski definition) is 1. The third-order valence-electron chi connectivity index (χ3n) is 3.84. The van der Waals surface area contributed by atoms with Crippen LogP contribution in [0.25, 0.3) is 0 Å². The molecule has 1 aromatic carbocycles. The Hall–Kier alpha value is -0.770. The highest BCUT2D eigenvalue weighted by Gasteiger charge is 2.21. The maximum absolute atomic E-state index is 6.04. The van der Waals surface area contributed by atoms with Gasteiger partial charge in [-0.3, -0.25) is 0 Å². The average molecular weight is 282 g/mol. The van der Waals surface area contributed by atoms with Gasteiger partial charge in [0.05, 0.1) is 0 Å². The lowest BCUT2D eigenvalue weighted by atomic mass is 9.95. The molecule has 0 bridgehead atoms. The minimum absolute atomic E-state index is 0.549. The molecule has 1 saturated heterocycles. The van der Waals surface area contributed by atoms with Crippen LogP contribution in [0.2, 0.25) is 5.02 Å². The summed E-state index contributed by atoms with van der Waals surface area (Å²) in [6.45, 7) is 3.98. The van der Waals surface area contributed by atoms with E-state index in [4.69, 9.17) is 17.3 Å². The maximum atomic E-state index is 6.04. The van der Waals surface area contributed by atoms with Crippen molar-refractivity contribution in [2.75, 3.05) is 38.6 Å². The van der Waals surface area contributed by atoms with Gasteiger partial charge in [0, 0.05) is 36.9 Å². The lowest BCUT2D eigenvalue weighted by Gasteiger charge is -2.35. The number of nitrogens with two attached hydrogens (primary N) is 1. The van der Waals surface area contributed by atoms with Gasteiger partial charge in [-0.1, -0.05) is 11.6 Å². The highest BCUT2D eigenvalue weighted by molar-refractivity contribution is 6.30. The van der Waals surface area contributed by atoms with E-state index in [1.165, 1.54) is 25.1 Å². The van der Waals surface area contributed by atoms with Crippen LogP contribution in [0.15, 0.2) is 18.2 Å². The summed E-state index contributed by atoms with van der Waals surface area (Å²) in [5.41, 5.74) is 8.24. The third-order valence-corrected chi connectivity index (χ3v) is 4.08. The Kier molecular flexibility index (Phi) is 5.08. The molecule has 2 rings (SSSR count). The summed E-state index contributed by atoms with van der Waals surface area (Å²) in [7, 11) is 4.30. The molecule has 1 aliphatic rings. The quantitative estimate of drug-likeness (QED) is 0.921. The zero-order chi connectivity index (χ0) is 13.8. The highest BCUT2D eigenvalue weighted by atomic mass is 35.5. The normalized spacial score (nSPS) is 17.2. The van der Waals surface area contributed by atoms with Crippen molar-refractivity contribution in [3.8, 4) is 0 Å². The lowest BCUT2D eigenvalue weighted by Crippen LogP contribution is -2.37. The van der Waals surface area contributed by atoms with E-state index in [1.807, 2.05) is 12.1 Å². The van der Waals surface area contributed by atoms with Gasteiger partial charge < -0.3 is 15.5 Å². The number of benzene rings is 1. The molecule has 0 atom stereocenters. The number of anilines is 1. The molecule has 0 radical (unpaired) electrons. The minimum Gasteiger partial charge on any atom is -0.371 e. The Labute approximate surface area is 121 Å². The van der Waals surface area contributed by atoms with Crippen LogP contribution in [-0.2, 0) is 6.54 Å². The largest absolute Gasteiger partial charge is 0.371 e. The van der Waals surface area contributed by atoms with Crippen molar-refractivity contribution < 1.29 is 0 Å². The molecule has 4 heteroatoms. The topological polar surface area (TPSA) is 32.5 Å². The molecular weight excluding hydrogens is 258 g/mol. The second-order valence-corrected chi connectivity index (χ2v) is 6.11. The van der Waals surface area contributed by atoms with Gasteiger partial charge in [0.1, 0.15) is 0 Å². The van der Waals surface area contributed by atoms with E-state index in [9.17, 15) is 0 Å². The number of piperidine rings is 1. The molecule has 2 N–H and O–H groups in total. The fourth-order valence-corrected chi connectivity index (χ4v) is 3.09. The van der Waals surface area contributed by atoms with Gasteiger partial charge in [0.15, 0.2) is 0 Å². The second kappa shape index (κ2) is 6.60. The Morgan fingerprint density at radius 3 is 2.58 bits per heavy atom. The van der Waals surface area contributed by atoms with Crippen LogP contribution in [0.3, 0.4) is 0 Å². The van der Waals surface area contributed by atoms with Gasteiger partial charge in [0.25, 0.3) is 0 Å². The predicted octanol–water partition coefficient (Wildman–Crippen LogP) is 2.58. The first-order valence-electron chi connectivity index (χ1n) is 6.98. The number of halogens is 1. The Morgan fingerprint density at radius 2 is 2.00 bits per heavy atom. The molecular formula is C15H24ClN3. The minimum atomic E-state index is 0.549. The van der Waals surface area contributed by atoms with E-state index >= 15 is 0 Å². The number of hydrogen-bond acceptors (Lipinski definition) is 3. The summed E-state index contributed by atoms with van der Waals surface area (Å²) in [6, 6.07) is 6.06. The first-order valence-corrected chi connectivity index (χ1v) is 7.36. The summed E-state index contributed by atoms with van der Waals surface area (Å²) in [4.78, 5) is 4.73. The molecule has 106 valence electrons. The third kappa shape index (κ3) is 3.85. The smallest absolute Gasteiger partial charge is 0.0412 e. The van der Waals surface area contributed by atoms with Gasteiger partial charge in [0.2, 0.25) is 0 Å². The van der Waals surface area contributed by atoms with Gasteiger partial charge in [-0.05, 0) is 56.6 Å². The molecule has 0 saturated carbocycles. The maximum Gasteiger partial charge on any atom is 0.0412 e. The van der Waals surface area contributed by atoms with E-state index in [0.717, 1.165) is 29.6 Å². The van der Waals surface area contributed by atoms with Crippen LogP contribution in [0.4, 0.5) is 5.69 Å². The van der Waals surface area contributed by atoms with E-state index < -0.39 is 0 Å². The van der Waals surface area contributed by atoms with Gasteiger partial charge >= 0.3 is 0 Å². The van der Waals surface area contributed by atoms with Gasteiger partial charge in [-0.2, -0.15) is 0 Å². The second-order valence-electron chi connectivity index (χ2n) is 5.67. The Morgan fingerprint density at radius 1 is 1.32 bits per heavy atom. The van der Waals surface area contributed by atoms with Gasteiger partial charge in [-0.25, -0.2) is 0 Å². The van der Waals surface area contributed by atoms with Crippen molar-refractivity contribution >= 4 is 17.3 Å². The SMILES string of the molecule is CN(C)CC1CCN(c2ccc(Cl)cc2CN)CC1. The zero-order valence-electron chi connectivity index (χ0n) is 11.9. The zero-order valence-corrected chi connectivity index (χ0v) is 12.7. The monoisotopic (exact) mass is 281 g/mol. The number of nitrogens with zero attached hydrogens (tertiary/aromatic N) is 2. The fourth-order valence-electron chi connectivity index (χ4n) is 2.90. The summed E-state index contributed by atoms with van der Waals surface area (Å²) >= 11 is 6.04. The molecule has 0 spiro atoms. The van der Waals surface area contributed by atoms with Crippen molar-refractivity contribution in [1.82, 2.24) is 4.90 Å². The Bertz CT molecular complexity index is 412. The standard InChI is InChI=1S/C15H24ClN3/c1-18(2)11-12-5-7-19(8-6-12)15-4-3-14(16)9-13(15)10-17/h3-4,9,12H,5-8,10-11,17H2,1-2H3. The molecule has 1 heterocycles. The average Bonchev–Trinajstić information content (AvgIpc) is 2.39. The van der Waals surface area contributed by atoms with Crippen molar-refractivity contribution in [2.45, 2.75) is 19.4 Å². The van der Waals surface area contributed by atoms with E-state index in [1.54, 1.807) is 0 Å². The van der Waals surface area contributed by atoms with E-state index in [2.05, 4.69) is 30.0 Å². The molecule has 1 aliphatic heterocycles. The van der Waals surface area contributed by atoms with Gasteiger partial charge in [-0.15, -0.1) is 0 Å². The summed E-state index contributed by atoms with van der Waals surface area (Å²) < 4.78 is 0. The lowest BCUT2D eigenvalue weighted by molar-refractivity contribution is 0.285. The van der Waals surface area contributed by atoms with Crippen LogP contribution < -0.4 is 10.6 Å².